The lowest BCUT2D eigenvalue weighted by Gasteiger charge is -2.24. The number of rotatable bonds is 6. The molecule has 0 fully saturated rings. The van der Waals surface area contributed by atoms with Crippen LogP contribution in [0.4, 0.5) is 14.9 Å². The second kappa shape index (κ2) is 7.82. The van der Waals surface area contributed by atoms with E-state index in [2.05, 4.69) is 5.32 Å². The summed E-state index contributed by atoms with van der Waals surface area (Å²) in [6, 6.07) is 5.05. The zero-order valence-corrected chi connectivity index (χ0v) is 15.1. The predicted molar refractivity (Wildman–Crippen MR) is 97.7 cm³/mol. The largest absolute Gasteiger partial charge is 0.501 e. The molecule has 2 heterocycles. The molecule has 0 saturated heterocycles. The van der Waals surface area contributed by atoms with Crippen LogP contribution < -0.4 is 5.32 Å². The number of thioether (sulfide) groups is 1. The molecule has 0 radical (unpaired) electrons. The zero-order valence-electron chi connectivity index (χ0n) is 14.3. The lowest BCUT2D eigenvalue weighted by molar-refractivity contribution is -0.425. The van der Waals surface area contributed by atoms with Crippen molar-refractivity contribution in [2.24, 2.45) is 0 Å². The number of anilines is 1. The lowest BCUT2D eigenvalue weighted by Crippen LogP contribution is -2.56. The van der Waals surface area contributed by atoms with Crippen molar-refractivity contribution in [2.75, 3.05) is 18.4 Å². The Morgan fingerprint density at radius 2 is 2.19 bits per heavy atom. The number of fused-ring (bicyclic) bond motifs is 1. The number of hydrogen-bond donors (Lipinski definition) is 1. The van der Waals surface area contributed by atoms with Gasteiger partial charge in [-0.3, -0.25) is 4.79 Å². The van der Waals surface area contributed by atoms with Crippen LogP contribution in [-0.4, -0.2) is 51.4 Å². The zero-order chi connectivity index (χ0) is 18.7. The average Bonchev–Trinajstić information content (AvgIpc) is 3.08. The van der Waals surface area contributed by atoms with Crippen molar-refractivity contribution in [1.82, 2.24) is 4.90 Å². The van der Waals surface area contributed by atoms with E-state index in [9.17, 15) is 18.8 Å². The Labute approximate surface area is 154 Å². The number of allylic oxidation sites excluding steroid dienone is 1. The van der Waals surface area contributed by atoms with Gasteiger partial charge in [-0.1, -0.05) is 19.4 Å². The van der Waals surface area contributed by atoms with Crippen LogP contribution in [0.15, 0.2) is 35.7 Å². The van der Waals surface area contributed by atoms with Gasteiger partial charge >= 0.3 is 11.9 Å². The number of unbranched alkanes of at least 4 members (excludes halogenated alkanes) is 1. The van der Waals surface area contributed by atoms with Gasteiger partial charge in [-0.15, -0.1) is 11.8 Å². The van der Waals surface area contributed by atoms with Crippen LogP contribution in [0, 0.1) is 5.82 Å². The van der Waals surface area contributed by atoms with Gasteiger partial charge in [-0.05, 0) is 36.1 Å². The second-order valence-electron chi connectivity index (χ2n) is 6.01. The Hall–Kier alpha value is -2.48. The van der Waals surface area contributed by atoms with Crippen molar-refractivity contribution in [3.8, 4) is 0 Å². The summed E-state index contributed by atoms with van der Waals surface area (Å²) in [4.78, 5) is 38.9. The third-order valence-corrected chi connectivity index (χ3v) is 5.14. The van der Waals surface area contributed by atoms with E-state index < -0.39 is 23.0 Å². The highest BCUT2D eigenvalue weighted by Gasteiger charge is 2.48. The van der Waals surface area contributed by atoms with E-state index in [0.29, 0.717) is 24.4 Å². The van der Waals surface area contributed by atoms with Gasteiger partial charge in [0.05, 0.1) is 6.54 Å². The van der Waals surface area contributed by atoms with Crippen molar-refractivity contribution in [3.05, 3.63) is 41.6 Å². The molecule has 0 aromatic heterocycles. The number of nitrogens with one attached hydrogen (secondary N) is 1. The molecule has 8 heteroatoms. The van der Waals surface area contributed by atoms with Crippen LogP contribution in [0.25, 0.3) is 0 Å². The van der Waals surface area contributed by atoms with Crippen molar-refractivity contribution in [3.63, 3.8) is 0 Å². The lowest BCUT2D eigenvalue weighted by atomic mass is 10.1. The highest BCUT2D eigenvalue weighted by Crippen LogP contribution is 2.28. The quantitative estimate of drug-likeness (QED) is 0.775. The van der Waals surface area contributed by atoms with Gasteiger partial charge in [0.1, 0.15) is 11.5 Å². The number of nitrogens with zero attached hydrogens (tertiary/aromatic N) is 2. The fraction of sp³-hybridized carbons (Fsp3) is 0.333. The van der Waals surface area contributed by atoms with Crippen molar-refractivity contribution in [2.45, 2.75) is 25.0 Å². The number of carbonyl (C=O) groups is 3. The van der Waals surface area contributed by atoms with E-state index in [1.807, 2.05) is 6.92 Å². The molecule has 0 spiro atoms. The number of benzene rings is 1. The summed E-state index contributed by atoms with van der Waals surface area (Å²) < 4.78 is 14.6. The summed E-state index contributed by atoms with van der Waals surface area (Å²) in [5, 5.41) is 3.84. The van der Waals surface area contributed by atoms with Gasteiger partial charge in [0.2, 0.25) is 0 Å². The van der Waals surface area contributed by atoms with E-state index in [-0.39, 0.29) is 12.5 Å². The van der Waals surface area contributed by atoms with E-state index >= 15 is 0 Å². The summed E-state index contributed by atoms with van der Waals surface area (Å²) in [6.07, 6.45) is 3.25. The minimum Gasteiger partial charge on any atom is -0.323 e. The van der Waals surface area contributed by atoms with Gasteiger partial charge < -0.3 is 5.32 Å². The highest BCUT2D eigenvalue weighted by molar-refractivity contribution is 8.04. The fourth-order valence-corrected chi connectivity index (χ4v) is 3.81. The Balaban J connectivity index is 1.80. The number of amides is 4. The molecule has 1 unspecified atom stereocenters. The Morgan fingerprint density at radius 1 is 1.38 bits per heavy atom. The first-order valence-corrected chi connectivity index (χ1v) is 9.32. The monoisotopic (exact) mass is 376 g/mol. The maximum absolute atomic E-state index is 13.3. The first kappa shape index (κ1) is 18.3. The average molecular weight is 376 g/mol. The maximum atomic E-state index is 13.3. The number of imide groups is 1. The number of urea groups is 1. The molecule has 3 rings (SSSR count). The normalized spacial score (nSPS) is 19.2. The number of halogens is 1. The van der Waals surface area contributed by atoms with Crippen LogP contribution >= 0.6 is 11.8 Å². The third kappa shape index (κ3) is 3.70. The molecular weight excluding hydrogens is 357 g/mol. The first-order chi connectivity index (χ1) is 12.5. The van der Waals surface area contributed by atoms with Crippen molar-refractivity contribution >= 4 is 41.0 Å². The fourth-order valence-electron chi connectivity index (χ4n) is 2.84. The smallest absolute Gasteiger partial charge is 0.323 e. The number of carbonyl (C=O) groups excluding carboxylic acids is 3. The Bertz CT molecular complexity index is 822. The van der Waals surface area contributed by atoms with Crippen LogP contribution in [0.2, 0.25) is 0 Å². The standard InChI is InChI=1S/C18H18FN3O3S/c1-2-3-8-21-17(24)16-14(7-9-26-16)22(18(21)25)11-15(23)20-13-6-4-5-12(19)10-13/h4-7,9-10,16H,2-3,8,11H2,1H3/p+1. The van der Waals surface area contributed by atoms with Gasteiger partial charge in [-0.2, -0.15) is 14.3 Å². The molecule has 1 aromatic carbocycles. The molecule has 26 heavy (non-hydrogen) atoms. The molecule has 6 nitrogen and oxygen atoms in total. The van der Waals surface area contributed by atoms with Crippen LogP contribution in [0.1, 0.15) is 19.8 Å². The summed E-state index contributed by atoms with van der Waals surface area (Å²) in [5.41, 5.74) is 0.836. The predicted octanol–water partition coefficient (Wildman–Crippen LogP) is 2.61. The molecule has 0 bridgehead atoms. The number of hydrogen-bond acceptors (Lipinski definition) is 4. The van der Waals surface area contributed by atoms with Crippen molar-refractivity contribution < 1.29 is 23.3 Å². The van der Waals surface area contributed by atoms with Gasteiger partial charge in [0.25, 0.3) is 5.91 Å². The topological polar surface area (TPSA) is 69.5 Å². The Morgan fingerprint density at radius 3 is 2.92 bits per heavy atom. The summed E-state index contributed by atoms with van der Waals surface area (Å²) in [5.74, 6) is -1.15. The van der Waals surface area contributed by atoms with E-state index in [1.54, 1.807) is 17.6 Å². The molecule has 0 aliphatic carbocycles. The molecule has 1 N–H and O–H groups in total. The second-order valence-corrected chi connectivity index (χ2v) is 7.03. The molecule has 1 aromatic rings. The van der Waals surface area contributed by atoms with Crippen LogP contribution in [0.5, 0.6) is 0 Å². The summed E-state index contributed by atoms with van der Waals surface area (Å²) >= 11 is 1.33. The molecule has 4 amide bonds. The molecule has 1 atom stereocenters. The third-order valence-electron chi connectivity index (χ3n) is 4.13. The van der Waals surface area contributed by atoms with E-state index in [4.69, 9.17) is 0 Å². The molecular formula is C18H19FN3O3S+. The minimum atomic E-state index is -0.494. The highest BCUT2D eigenvalue weighted by atomic mass is 32.2. The Kier molecular flexibility index (Phi) is 5.51. The summed E-state index contributed by atoms with van der Waals surface area (Å²) in [6.45, 7) is 2.08. The van der Waals surface area contributed by atoms with E-state index in [0.717, 1.165) is 6.42 Å². The SMILES string of the molecule is CCCCN1C(=O)C2SC=CC2=[N+](CC(=O)Nc2cccc(F)c2)C1=O. The van der Waals surface area contributed by atoms with E-state index in [1.165, 1.54) is 39.4 Å². The summed E-state index contributed by atoms with van der Waals surface area (Å²) in [7, 11) is 0. The van der Waals surface area contributed by atoms with Crippen LogP contribution in [0.3, 0.4) is 0 Å². The minimum absolute atomic E-state index is 0.234. The van der Waals surface area contributed by atoms with Gasteiger partial charge in [-0.25, -0.2) is 9.18 Å². The maximum Gasteiger partial charge on any atom is 0.501 e. The molecule has 136 valence electrons. The van der Waals surface area contributed by atoms with Gasteiger partial charge in [0.15, 0.2) is 11.8 Å². The van der Waals surface area contributed by atoms with Crippen LogP contribution in [-0.2, 0) is 9.59 Å². The van der Waals surface area contributed by atoms with Crippen molar-refractivity contribution in [1.29, 1.82) is 0 Å². The van der Waals surface area contributed by atoms with Gasteiger partial charge in [0, 0.05) is 5.69 Å². The first-order valence-electron chi connectivity index (χ1n) is 8.38. The molecule has 0 saturated carbocycles. The molecule has 2 aliphatic heterocycles. The molecule has 2 aliphatic rings.